The number of hydrogen-bond donors (Lipinski definition) is 1. The van der Waals surface area contributed by atoms with Gasteiger partial charge in [0.2, 0.25) is 5.91 Å². The summed E-state index contributed by atoms with van der Waals surface area (Å²) in [5.41, 5.74) is 2.07. The molecule has 4 rings (SSSR count). The minimum Gasteiger partial charge on any atom is -0.355 e. The number of carbonyl (C=O) groups is 2. The number of carbonyl (C=O) groups excluding carboxylic acids is 2. The molecule has 1 atom stereocenters. The third-order valence-electron chi connectivity index (χ3n) is 6.05. The first-order valence-corrected chi connectivity index (χ1v) is 10.3. The Hall–Kier alpha value is -3.54. The minimum atomic E-state index is -4.44. The third kappa shape index (κ3) is 3.77. The van der Waals surface area contributed by atoms with Gasteiger partial charge in [0.15, 0.2) is 6.19 Å². The fourth-order valence-corrected chi connectivity index (χ4v) is 4.43. The standard InChI is InChI=1S/C23H21F3N4O2/c1-28-21(31)15-11-18(14-4-6-16(7-5-14)23(24,25)26)17-8-10-30(20(17)12-15)22(32)19-3-2-9-29(19)13-27/h4-7,11-12,19H,2-3,8-10H2,1H3,(H,28,31). The highest BCUT2D eigenvalue weighted by molar-refractivity contribution is 6.03. The summed E-state index contributed by atoms with van der Waals surface area (Å²) >= 11 is 0. The smallest absolute Gasteiger partial charge is 0.355 e. The zero-order valence-electron chi connectivity index (χ0n) is 17.4. The first-order chi connectivity index (χ1) is 15.2. The van der Waals surface area contributed by atoms with Gasteiger partial charge in [0.1, 0.15) is 6.04 Å². The van der Waals surface area contributed by atoms with Crippen molar-refractivity contribution in [2.45, 2.75) is 31.5 Å². The Morgan fingerprint density at radius 2 is 1.88 bits per heavy atom. The SMILES string of the molecule is CNC(=O)c1cc(-c2ccc(C(F)(F)F)cc2)c2c(c1)N(C(=O)C1CCCN1C#N)CC2. The van der Waals surface area contributed by atoms with Crippen LogP contribution in [0.4, 0.5) is 18.9 Å². The van der Waals surface area contributed by atoms with E-state index in [9.17, 15) is 28.0 Å². The van der Waals surface area contributed by atoms with Crippen molar-refractivity contribution in [2.75, 3.05) is 25.0 Å². The van der Waals surface area contributed by atoms with Gasteiger partial charge in [0, 0.05) is 31.4 Å². The van der Waals surface area contributed by atoms with Gasteiger partial charge in [-0.3, -0.25) is 14.5 Å². The largest absolute Gasteiger partial charge is 0.416 e. The summed E-state index contributed by atoms with van der Waals surface area (Å²) in [6, 6.07) is 7.52. The maximum absolute atomic E-state index is 13.2. The molecule has 1 unspecified atom stereocenters. The number of nitrogens with zero attached hydrogens (tertiary/aromatic N) is 3. The fraction of sp³-hybridized carbons (Fsp3) is 0.348. The van der Waals surface area contributed by atoms with E-state index in [1.54, 1.807) is 17.0 Å². The Morgan fingerprint density at radius 3 is 2.50 bits per heavy atom. The van der Waals surface area contributed by atoms with E-state index in [0.717, 1.165) is 24.1 Å². The van der Waals surface area contributed by atoms with Crippen LogP contribution in [-0.2, 0) is 17.4 Å². The number of hydrogen-bond acceptors (Lipinski definition) is 4. The summed E-state index contributed by atoms with van der Waals surface area (Å²) in [5.74, 6) is -0.560. The maximum Gasteiger partial charge on any atom is 0.416 e. The second kappa shape index (κ2) is 8.19. The molecule has 32 heavy (non-hydrogen) atoms. The Morgan fingerprint density at radius 1 is 1.16 bits per heavy atom. The average molecular weight is 442 g/mol. The number of alkyl halides is 3. The quantitative estimate of drug-likeness (QED) is 0.738. The van der Waals surface area contributed by atoms with Gasteiger partial charge in [-0.1, -0.05) is 12.1 Å². The molecule has 2 amide bonds. The van der Waals surface area contributed by atoms with Crippen LogP contribution in [0.1, 0.15) is 34.3 Å². The van der Waals surface area contributed by atoms with Gasteiger partial charge >= 0.3 is 6.18 Å². The molecule has 0 bridgehead atoms. The molecule has 9 heteroatoms. The molecule has 0 aliphatic carbocycles. The van der Waals surface area contributed by atoms with E-state index in [2.05, 4.69) is 11.5 Å². The van der Waals surface area contributed by atoms with E-state index < -0.39 is 17.8 Å². The molecule has 0 spiro atoms. The molecule has 1 fully saturated rings. The van der Waals surface area contributed by atoms with Gasteiger partial charge in [-0.2, -0.15) is 18.4 Å². The topological polar surface area (TPSA) is 76.4 Å². The highest BCUT2D eigenvalue weighted by Gasteiger charge is 2.37. The number of nitrogens with one attached hydrogen (secondary N) is 1. The predicted molar refractivity (Wildman–Crippen MR) is 112 cm³/mol. The highest BCUT2D eigenvalue weighted by atomic mass is 19.4. The van der Waals surface area contributed by atoms with Gasteiger partial charge in [-0.05, 0) is 60.2 Å². The summed E-state index contributed by atoms with van der Waals surface area (Å²) in [6.45, 7) is 0.914. The number of anilines is 1. The third-order valence-corrected chi connectivity index (χ3v) is 6.05. The monoisotopic (exact) mass is 442 g/mol. The van der Waals surface area contributed by atoms with Crippen molar-refractivity contribution in [1.82, 2.24) is 10.2 Å². The second-order valence-corrected chi connectivity index (χ2v) is 7.87. The van der Waals surface area contributed by atoms with E-state index in [1.807, 2.05) is 0 Å². The van der Waals surface area contributed by atoms with E-state index in [4.69, 9.17) is 0 Å². The molecular weight excluding hydrogens is 421 g/mol. The molecule has 1 N–H and O–H groups in total. The number of nitriles is 1. The second-order valence-electron chi connectivity index (χ2n) is 7.87. The first-order valence-electron chi connectivity index (χ1n) is 10.3. The van der Waals surface area contributed by atoms with Crippen molar-refractivity contribution in [3.63, 3.8) is 0 Å². The normalized spacial score (nSPS) is 17.8. The molecule has 2 aliphatic heterocycles. The van der Waals surface area contributed by atoms with Crippen molar-refractivity contribution in [1.29, 1.82) is 5.26 Å². The summed E-state index contributed by atoms with van der Waals surface area (Å²) in [4.78, 5) is 28.7. The van der Waals surface area contributed by atoms with Gasteiger partial charge in [-0.25, -0.2) is 0 Å². The molecule has 166 valence electrons. The number of benzene rings is 2. The van der Waals surface area contributed by atoms with Crippen molar-refractivity contribution >= 4 is 17.5 Å². The van der Waals surface area contributed by atoms with Crippen LogP contribution in [0.3, 0.4) is 0 Å². The zero-order chi connectivity index (χ0) is 23.0. The van der Waals surface area contributed by atoms with E-state index in [-0.39, 0.29) is 11.8 Å². The molecule has 2 aliphatic rings. The van der Waals surface area contributed by atoms with Gasteiger partial charge in [0.25, 0.3) is 5.91 Å². The number of amides is 2. The molecular formula is C23H21F3N4O2. The van der Waals surface area contributed by atoms with Crippen LogP contribution < -0.4 is 10.2 Å². The van der Waals surface area contributed by atoms with Crippen molar-refractivity contribution in [2.24, 2.45) is 0 Å². The molecule has 2 heterocycles. The number of fused-ring (bicyclic) bond motifs is 1. The Bertz CT molecular complexity index is 1110. The van der Waals surface area contributed by atoms with Crippen LogP contribution in [0.25, 0.3) is 11.1 Å². The van der Waals surface area contributed by atoms with Gasteiger partial charge in [0.05, 0.1) is 5.56 Å². The average Bonchev–Trinajstić information content (AvgIpc) is 3.44. The predicted octanol–water partition coefficient (Wildman–Crippen LogP) is 3.57. The lowest BCUT2D eigenvalue weighted by atomic mass is 9.94. The lowest BCUT2D eigenvalue weighted by Gasteiger charge is -2.25. The molecule has 2 aromatic carbocycles. The number of rotatable bonds is 3. The lowest BCUT2D eigenvalue weighted by Crippen LogP contribution is -2.43. The summed E-state index contributed by atoms with van der Waals surface area (Å²) in [7, 11) is 1.49. The van der Waals surface area contributed by atoms with Crippen molar-refractivity contribution in [3.05, 3.63) is 53.1 Å². The van der Waals surface area contributed by atoms with Crippen LogP contribution in [0, 0.1) is 11.5 Å². The summed E-state index contributed by atoms with van der Waals surface area (Å²) < 4.78 is 38.9. The van der Waals surface area contributed by atoms with Crippen LogP contribution in [0.2, 0.25) is 0 Å². The Kier molecular flexibility index (Phi) is 5.55. The van der Waals surface area contributed by atoms with Gasteiger partial charge < -0.3 is 10.2 Å². The molecule has 6 nitrogen and oxygen atoms in total. The molecule has 0 radical (unpaired) electrons. The van der Waals surface area contributed by atoms with Crippen LogP contribution in [-0.4, -0.2) is 42.9 Å². The fourth-order valence-electron chi connectivity index (χ4n) is 4.43. The van der Waals surface area contributed by atoms with E-state index in [1.165, 1.54) is 24.1 Å². The molecule has 1 saturated heterocycles. The van der Waals surface area contributed by atoms with E-state index >= 15 is 0 Å². The molecule has 0 saturated carbocycles. The van der Waals surface area contributed by atoms with E-state index in [0.29, 0.717) is 48.3 Å². The highest BCUT2D eigenvalue weighted by Crippen LogP contribution is 2.39. The molecule has 2 aromatic rings. The summed E-state index contributed by atoms with van der Waals surface area (Å²) in [5, 5.41) is 11.9. The van der Waals surface area contributed by atoms with Crippen molar-refractivity contribution in [3.8, 4) is 17.3 Å². The Balaban J connectivity index is 1.78. The lowest BCUT2D eigenvalue weighted by molar-refractivity contribution is -0.137. The molecule has 0 aromatic heterocycles. The maximum atomic E-state index is 13.2. The first kappa shape index (κ1) is 21.7. The minimum absolute atomic E-state index is 0.199. The zero-order valence-corrected chi connectivity index (χ0v) is 17.4. The van der Waals surface area contributed by atoms with Gasteiger partial charge in [-0.15, -0.1) is 0 Å². The van der Waals surface area contributed by atoms with Crippen LogP contribution in [0.5, 0.6) is 0 Å². The number of likely N-dealkylation sites (tertiary alicyclic amines) is 1. The Labute approximate surface area is 183 Å². The number of halogens is 3. The summed E-state index contributed by atoms with van der Waals surface area (Å²) in [6.07, 6.45) is -0.540. The van der Waals surface area contributed by atoms with Crippen molar-refractivity contribution < 1.29 is 22.8 Å². The van der Waals surface area contributed by atoms with Crippen LogP contribution in [0.15, 0.2) is 36.4 Å². The van der Waals surface area contributed by atoms with Crippen LogP contribution >= 0.6 is 0 Å².